The monoisotopic (exact) mass is 686 g/mol. The second kappa shape index (κ2) is 11.1. The highest BCUT2D eigenvalue weighted by atomic mass is 35.5. The largest absolute Gasteiger partial charge is 0.417 e. The molecule has 0 radical (unpaired) electrons. The first-order valence-electron chi connectivity index (χ1n) is 14.6. The predicted octanol–water partition coefficient (Wildman–Crippen LogP) is 5.79. The number of carbonyl (C=O) groups excluding carboxylic acids is 2. The van der Waals surface area contributed by atoms with Crippen LogP contribution in [-0.2, 0) is 23.7 Å². The third-order valence-corrected chi connectivity index (χ3v) is 8.93. The minimum absolute atomic E-state index is 0.0508. The minimum Gasteiger partial charge on any atom is -0.366 e. The van der Waals surface area contributed by atoms with Crippen molar-refractivity contribution in [3.05, 3.63) is 93.3 Å². The molecular formula is C32H24ClF5N6O4. The lowest BCUT2D eigenvalue weighted by Crippen LogP contribution is -2.41. The normalized spacial score (nSPS) is 19.5. The number of halogens is 6. The minimum atomic E-state index is -5.26. The lowest BCUT2D eigenvalue weighted by molar-refractivity contribution is -0.137. The van der Waals surface area contributed by atoms with Crippen LogP contribution in [-0.4, -0.2) is 43.1 Å². The topological polar surface area (TPSA) is 137 Å². The van der Waals surface area contributed by atoms with Crippen molar-refractivity contribution in [2.75, 3.05) is 6.61 Å². The number of benzene rings is 3. The van der Waals surface area contributed by atoms with Crippen molar-refractivity contribution in [3.63, 3.8) is 0 Å². The number of aromatic nitrogens is 4. The average Bonchev–Trinajstić information content (AvgIpc) is 3.71. The van der Waals surface area contributed by atoms with Gasteiger partial charge in [0.1, 0.15) is 23.4 Å². The Bertz CT molecular complexity index is 2170. The van der Waals surface area contributed by atoms with Crippen LogP contribution in [0.3, 0.4) is 0 Å². The number of rotatable bonds is 5. The smallest absolute Gasteiger partial charge is 0.366 e. The van der Waals surface area contributed by atoms with E-state index in [9.17, 15) is 36.6 Å². The molecule has 4 N–H and O–H groups in total. The van der Waals surface area contributed by atoms with Gasteiger partial charge in [-0.25, -0.2) is 13.5 Å². The Hall–Kier alpha value is -4.86. The maximum atomic E-state index is 14.7. The summed E-state index contributed by atoms with van der Waals surface area (Å²) >= 11 is 6.36. The molecule has 2 aliphatic rings. The van der Waals surface area contributed by atoms with Gasteiger partial charge < -0.3 is 20.9 Å². The summed E-state index contributed by atoms with van der Waals surface area (Å²) in [7, 11) is 1.53. The summed E-state index contributed by atoms with van der Waals surface area (Å²) < 4.78 is 82.1. The van der Waals surface area contributed by atoms with Gasteiger partial charge in [-0.15, -0.1) is 0 Å². The molecule has 1 fully saturated rings. The summed E-state index contributed by atoms with van der Waals surface area (Å²) in [5, 5.41) is 23.3. The number of alkyl halides is 3. The van der Waals surface area contributed by atoms with Crippen LogP contribution >= 0.6 is 11.6 Å². The quantitative estimate of drug-likeness (QED) is 0.200. The molecule has 0 bridgehead atoms. The van der Waals surface area contributed by atoms with Gasteiger partial charge in [0.2, 0.25) is 5.91 Å². The van der Waals surface area contributed by atoms with Crippen LogP contribution in [0.1, 0.15) is 62.9 Å². The van der Waals surface area contributed by atoms with Crippen LogP contribution in [0.15, 0.2) is 48.8 Å². The van der Waals surface area contributed by atoms with Gasteiger partial charge in [0, 0.05) is 52.5 Å². The molecule has 0 aliphatic carbocycles. The zero-order chi connectivity index (χ0) is 34.3. The molecular weight excluding hydrogens is 663 g/mol. The summed E-state index contributed by atoms with van der Waals surface area (Å²) in [6.45, 7) is 0.540. The molecule has 2 amide bonds. The molecule has 248 valence electrons. The molecule has 10 nitrogen and oxygen atoms in total. The lowest BCUT2D eigenvalue weighted by atomic mass is 9.82. The number of nitrogens with two attached hydrogens (primary N) is 1. The first-order valence-corrected chi connectivity index (χ1v) is 15.0. The van der Waals surface area contributed by atoms with Crippen LogP contribution in [0.25, 0.3) is 33.3 Å². The number of primary amides is 1. The highest BCUT2D eigenvalue weighted by molar-refractivity contribution is 6.31. The number of fused-ring (bicyclic) bond motifs is 3. The van der Waals surface area contributed by atoms with Crippen molar-refractivity contribution in [1.82, 2.24) is 24.9 Å². The van der Waals surface area contributed by atoms with E-state index in [2.05, 4.69) is 15.5 Å². The number of aryl methyl sites for hydroxylation is 1. The molecule has 2 aromatic heterocycles. The van der Waals surface area contributed by atoms with E-state index in [0.29, 0.717) is 30.4 Å². The maximum Gasteiger partial charge on any atom is 0.417 e. The molecule has 48 heavy (non-hydrogen) atoms. The molecule has 2 unspecified atom stereocenters. The van der Waals surface area contributed by atoms with Gasteiger partial charge in [0.05, 0.1) is 28.6 Å². The fourth-order valence-electron chi connectivity index (χ4n) is 6.60. The van der Waals surface area contributed by atoms with E-state index < -0.39 is 68.7 Å². The van der Waals surface area contributed by atoms with Crippen molar-refractivity contribution in [2.24, 2.45) is 12.8 Å². The van der Waals surface area contributed by atoms with E-state index >= 15 is 0 Å². The van der Waals surface area contributed by atoms with Gasteiger partial charge in [-0.3, -0.25) is 14.3 Å². The summed E-state index contributed by atoms with van der Waals surface area (Å²) in [5.41, 5.74) is -1.81. The van der Waals surface area contributed by atoms with Crippen LogP contribution in [0.4, 0.5) is 22.0 Å². The first kappa shape index (κ1) is 31.7. The zero-order valence-electron chi connectivity index (χ0n) is 24.8. The predicted molar refractivity (Wildman–Crippen MR) is 162 cm³/mol. The van der Waals surface area contributed by atoms with Crippen LogP contribution < -0.4 is 11.1 Å². The standard InChI is InChI=1S/C32H24ClF5N6O4/c1-43-28(14-12-40-44(13-14)23-4-2-3-7-48-23)19-11-17(24-18(29(39)45)8-16(35)10-21(24)32(36,37)38)26-25(27(19)42-43)30(46)41-31(26,47)20-9-15(34)5-6-22(20)33/h5-6,8-13,23,47H,2-4,7H2,1H3,(H2,39,45)(H,41,46). The maximum absolute atomic E-state index is 14.7. The summed E-state index contributed by atoms with van der Waals surface area (Å²) in [4.78, 5) is 26.5. The number of hydrogen-bond donors (Lipinski definition) is 3. The summed E-state index contributed by atoms with van der Waals surface area (Å²) in [6.07, 6.45) is 0.0688. The molecule has 2 atom stereocenters. The van der Waals surface area contributed by atoms with Crippen molar-refractivity contribution in [3.8, 4) is 22.4 Å². The number of amides is 2. The third kappa shape index (κ3) is 4.91. The number of carbonyl (C=O) groups is 2. The third-order valence-electron chi connectivity index (χ3n) is 8.60. The van der Waals surface area contributed by atoms with Gasteiger partial charge in [0.25, 0.3) is 5.91 Å². The van der Waals surface area contributed by atoms with E-state index in [1.165, 1.54) is 24.0 Å². The second-order valence-electron chi connectivity index (χ2n) is 11.6. The summed E-state index contributed by atoms with van der Waals surface area (Å²) in [5.74, 6) is -4.71. The van der Waals surface area contributed by atoms with E-state index in [1.807, 2.05) is 0 Å². The van der Waals surface area contributed by atoms with E-state index in [4.69, 9.17) is 22.1 Å². The molecule has 4 heterocycles. The molecule has 0 spiro atoms. The molecule has 7 rings (SSSR count). The van der Waals surface area contributed by atoms with E-state index in [1.54, 1.807) is 10.9 Å². The van der Waals surface area contributed by atoms with Gasteiger partial charge in [-0.05, 0) is 61.2 Å². The molecule has 3 aromatic carbocycles. The highest BCUT2D eigenvalue weighted by Crippen LogP contribution is 2.50. The Morgan fingerprint density at radius 2 is 1.92 bits per heavy atom. The molecule has 5 aromatic rings. The molecule has 16 heteroatoms. The lowest BCUT2D eigenvalue weighted by Gasteiger charge is -2.28. The van der Waals surface area contributed by atoms with E-state index in [0.717, 1.165) is 31.0 Å². The Labute approximate surface area is 272 Å². The van der Waals surface area contributed by atoms with Crippen molar-refractivity contribution in [2.45, 2.75) is 37.4 Å². The number of ether oxygens (including phenoxy) is 1. The Morgan fingerprint density at radius 3 is 2.60 bits per heavy atom. The van der Waals surface area contributed by atoms with Crippen molar-refractivity contribution in [1.29, 1.82) is 0 Å². The number of nitrogens with zero attached hydrogens (tertiary/aromatic N) is 4. The zero-order valence-corrected chi connectivity index (χ0v) is 25.6. The number of aliphatic hydroxyl groups is 1. The van der Waals surface area contributed by atoms with E-state index in [-0.39, 0.29) is 33.8 Å². The van der Waals surface area contributed by atoms with Crippen LogP contribution in [0.5, 0.6) is 0 Å². The fourth-order valence-corrected chi connectivity index (χ4v) is 6.85. The summed E-state index contributed by atoms with van der Waals surface area (Å²) in [6, 6.07) is 4.77. The van der Waals surface area contributed by atoms with Crippen LogP contribution in [0, 0.1) is 11.6 Å². The number of hydrogen-bond acceptors (Lipinski definition) is 6. The Balaban J connectivity index is 1.61. The molecule has 0 saturated carbocycles. The fraction of sp³-hybridized carbons (Fsp3) is 0.250. The van der Waals surface area contributed by atoms with Gasteiger partial charge in [0.15, 0.2) is 5.72 Å². The highest BCUT2D eigenvalue weighted by Gasteiger charge is 2.50. The average molecular weight is 687 g/mol. The van der Waals surface area contributed by atoms with Crippen molar-refractivity contribution < 1.29 is 41.4 Å². The number of nitrogens with one attached hydrogen (secondary N) is 1. The molecule has 2 aliphatic heterocycles. The molecule has 1 saturated heterocycles. The van der Waals surface area contributed by atoms with Gasteiger partial charge >= 0.3 is 6.18 Å². The first-order chi connectivity index (χ1) is 22.7. The van der Waals surface area contributed by atoms with Gasteiger partial charge in [-0.1, -0.05) is 11.6 Å². The Morgan fingerprint density at radius 1 is 1.15 bits per heavy atom. The van der Waals surface area contributed by atoms with Gasteiger partial charge in [-0.2, -0.15) is 23.4 Å². The van der Waals surface area contributed by atoms with Crippen molar-refractivity contribution >= 4 is 34.3 Å². The SMILES string of the molecule is Cn1nc2c3c(c(-c4c(C(N)=O)cc(F)cc4C(F)(F)F)cc2c1-c1cnn(C2CCCCO2)c1)C(O)(c1cc(F)ccc1Cl)NC3=O. The second-order valence-corrected chi connectivity index (χ2v) is 12.0. The Kier molecular flexibility index (Phi) is 7.34. The van der Waals surface area contributed by atoms with Crippen LogP contribution in [0.2, 0.25) is 5.02 Å².